The first-order valence-corrected chi connectivity index (χ1v) is 8.16. The third-order valence-electron chi connectivity index (χ3n) is 4.31. The highest BCUT2D eigenvalue weighted by atomic mass is 14.9. The van der Waals surface area contributed by atoms with Crippen molar-refractivity contribution >= 4 is 5.69 Å². The Morgan fingerprint density at radius 2 is 2.05 bits per heavy atom. The van der Waals surface area contributed by atoms with E-state index in [4.69, 9.17) is 0 Å². The predicted molar refractivity (Wildman–Crippen MR) is 88.6 cm³/mol. The van der Waals surface area contributed by atoms with Gasteiger partial charge in [-0.05, 0) is 61.4 Å². The molecule has 2 heteroatoms. The van der Waals surface area contributed by atoms with E-state index in [1.54, 1.807) is 0 Å². The van der Waals surface area contributed by atoms with Gasteiger partial charge < -0.3 is 5.32 Å². The van der Waals surface area contributed by atoms with E-state index in [1.807, 2.05) is 12.3 Å². The van der Waals surface area contributed by atoms with Gasteiger partial charge in [0, 0.05) is 11.9 Å². The van der Waals surface area contributed by atoms with Crippen LogP contribution in [0.1, 0.15) is 55.5 Å². The number of nitrogens with zero attached hydrogens (tertiary/aromatic N) is 1. The Balaban J connectivity index is 1.70. The van der Waals surface area contributed by atoms with Crippen LogP contribution in [0.4, 0.5) is 5.69 Å². The van der Waals surface area contributed by atoms with Crippen LogP contribution in [0.5, 0.6) is 0 Å². The molecular formula is C19H24N2. The third kappa shape index (κ3) is 3.44. The Bertz CT molecular complexity index is 574. The number of hydrogen-bond acceptors (Lipinski definition) is 2. The van der Waals surface area contributed by atoms with E-state index in [9.17, 15) is 0 Å². The van der Waals surface area contributed by atoms with E-state index < -0.39 is 0 Å². The average molecular weight is 280 g/mol. The van der Waals surface area contributed by atoms with Crippen molar-refractivity contribution in [3.05, 3.63) is 59.4 Å². The second-order valence-electron chi connectivity index (χ2n) is 5.94. The normalized spacial score (nSPS) is 17.3. The van der Waals surface area contributed by atoms with Crippen LogP contribution in [-0.4, -0.2) is 4.98 Å². The van der Waals surface area contributed by atoms with Crippen LogP contribution in [0.3, 0.4) is 0 Å². The summed E-state index contributed by atoms with van der Waals surface area (Å²) >= 11 is 0. The Morgan fingerprint density at radius 3 is 2.86 bits per heavy atom. The molecule has 0 amide bonds. The summed E-state index contributed by atoms with van der Waals surface area (Å²) in [7, 11) is 0. The maximum absolute atomic E-state index is 4.59. The molecular weight excluding hydrogens is 256 g/mol. The molecule has 0 spiro atoms. The number of aryl methyl sites for hydroxylation is 2. The lowest BCUT2D eigenvalue weighted by molar-refractivity contribution is 0.583. The Kier molecular flexibility index (Phi) is 4.54. The molecule has 21 heavy (non-hydrogen) atoms. The summed E-state index contributed by atoms with van der Waals surface area (Å²) in [6.45, 7) is 2.24. The van der Waals surface area contributed by atoms with Gasteiger partial charge in [0.05, 0.1) is 11.7 Å². The van der Waals surface area contributed by atoms with Gasteiger partial charge in [0.1, 0.15) is 0 Å². The first-order valence-electron chi connectivity index (χ1n) is 8.16. The summed E-state index contributed by atoms with van der Waals surface area (Å²) in [6.07, 6.45) is 9.19. The molecule has 1 aromatic carbocycles. The van der Waals surface area contributed by atoms with Crippen LogP contribution in [-0.2, 0) is 12.8 Å². The molecule has 0 radical (unpaired) electrons. The Labute approximate surface area is 127 Å². The van der Waals surface area contributed by atoms with E-state index in [-0.39, 0.29) is 0 Å². The van der Waals surface area contributed by atoms with Gasteiger partial charge >= 0.3 is 0 Å². The molecule has 110 valence electrons. The maximum atomic E-state index is 4.59. The monoisotopic (exact) mass is 280 g/mol. The topological polar surface area (TPSA) is 24.9 Å². The zero-order valence-corrected chi connectivity index (χ0v) is 12.8. The van der Waals surface area contributed by atoms with Crippen molar-refractivity contribution in [3.8, 4) is 0 Å². The largest absolute Gasteiger partial charge is 0.377 e. The first-order chi connectivity index (χ1) is 10.4. The molecule has 2 nitrogen and oxygen atoms in total. The van der Waals surface area contributed by atoms with Crippen LogP contribution in [0.15, 0.2) is 42.6 Å². The first kappa shape index (κ1) is 14.1. The lowest BCUT2D eigenvalue weighted by Gasteiger charge is -2.26. The molecule has 0 saturated carbocycles. The number of fused-ring (bicyclic) bond motifs is 1. The number of nitrogens with one attached hydrogen (secondary N) is 1. The van der Waals surface area contributed by atoms with Crippen molar-refractivity contribution in [3.63, 3.8) is 0 Å². The van der Waals surface area contributed by atoms with Crippen molar-refractivity contribution < 1.29 is 0 Å². The summed E-state index contributed by atoms with van der Waals surface area (Å²) in [5.74, 6) is 0. The molecule has 0 fully saturated rings. The number of hydrogen-bond donors (Lipinski definition) is 1. The van der Waals surface area contributed by atoms with E-state index in [1.165, 1.54) is 54.6 Å². The molecule has 1 unspecified atom stereocenters. The fraction of sp³-hybridized carbons (Fsp3) is 0.421. The maximum Gasteiger partial charge on any atom is 0.0688 e. The second kappa shape index (κ2) is 6.75. The Morgan fingerprint density at radius 1 is 1.19 bits per heavy atom. The molecule has 1 atom stereocenters. The minimum atomic E-state index is 0.358. The van der Waals surface area contributed by atoms with Crippen molar-refractivity contribution in [2.75, 3.05) is 5.32 Å². The lowest BCUT2D eigenvalue weighted by atomic mass is 9.91. The quantitative estimate of drug-likeness (QED) is 0.841. The van der Waals surface area contributed by atoms with Gasteiger partial charge in [-0.3, -0.25) is 4.98 Å². The van der Waals surface area contributed by atoms with Crippen molar-refractivity contribution in [1.29, 1.82) is 0 Å². The van der Waals surface area contributed by atoms with Gasteiger partial charge in [-0.1, -0.05) is 31.5 Å². The van der Waals surface area contributed by atoms with Crippen LogP contribution in [0.25, 0.3) is 0 Å². The average Bonchev–Trinajstić information content (AvgIpc) is 2.55. The molecule has 0 aliphatic heterocycles. The molecule has 3 rings (SSSR count). The van der Waals surface area contributed by atoms with E-state index in [0.29, 0.717) is 6.04 Å². The van der Waals surface area contributed by atoms with E-state index in [0.717, 1.165) is 6.42 Å². The van der Waals surface area contributed by atoms with Gasteiger partial charge in [0.15, 0.2) is 0 Å². The predicted octanol–water partition coefficient (Wildman–Crippen LogP) is 4.91. The number of benzene rings is 1. The summed E-state index contributed by atoms with van der Waals surface area (Å²) in [4.78, 5) is 4.59. The second-order valence-corrected chi connectivity index (χ2v) is 5.94. The van der Waals surface area contributed by atoms with Gasteiger partial charge in [-0.25, -0.2) is 0 Å². The number of pyridine rings is 1. The van der Waals surface area contributed by atoms with Crippen LogP contribution in [0.2, 0.25) is 0 Å². The number of anilines is 1. The van der Waals surface area contributed by atoms with E-state index >= 15 is 0 Å². The molecule has 1 aliphatic carbocycles. The number of unbranched alkanes of at least 4 members (excludes halogenated alkanes) is 1. The summed E-state index contributed by atoms with van der Waals surface area (Å²) in [5, 5.41) is 3.66. The minimum absolute atomic E-state index is 0.358. The minimum Gasteiger partial charge on any atom is -0.377 e. The summed E-state index contributed by atoms with van der Waals surface area (Å²) in [5.41, 5.74) is 5.28. The zero-order chi connectivity index (χ0) is 14.5. The van der Waals surface area contributed by atoms with Gasteiger partial charge in [0.2, 0.25) is 0 Å². The highest BCUT2D eigenvalue weighted by Gasteiger charge is 2.20. The molecule has 0 saturated heterocycles. The van der Waals surface area contributed by atoms with Gasteiger partial charge in [-0.15, -0.1) is 0 Å². The highest BCUT2D eigenvalue weighted by Crippen LogP contribution is 2.30. The molecule has 1 aromatic heterocycles. The summed E-state index contributed by atoms with van der Waals surface area (Å²) in [6, 6.07) is 13.5. The zero-order valence-electron chi connectivity index (χ0n) is 12.8. The number of rotatable bonds is 5. The Hall–Kier alpha value is -1.83. The number of aromatic nitrogens is 1. The molecule has 1 heterocycles. The van der Waals surface area contributed by atoms with Crippen molar-refractivity contribution in [2.24, 2.45) is 0 Å². The highest BCUT2D eigenvalue weighted by molar-refractivity contribution is 5.47. The molecule has 2 aromatic rings. The van der Waals surface area contributed by atoms with Crippen molar-refractivity contribution in [2.45, 2.75) is 51.5 Å². The fourth-order valence-corrected chi connectivity index (χ4v) is 3.10. The molecule has 1 aliphatic rings. The fourth-order valence-electron chi connectivity index (χ4n) is 3.10. The van der Waals surface area contributed by atoms with Gasteiger partial charge in [0.25, 0.3) is 0 Å². The van der Waals surface area contributed by atoms with Gasteiger partial charge in [-0.2, -0.15) is 0 Å². The molecule has 0 bridgehead atoms. The summed E-state index contributed by atoms with van der Waals surface area (Å²) < 4.78 is 0. The molecule has 1 N–H and O–H groups in total. The standard InChI is InChI=1S/C19H24N2/c1-2-3-6-15-10-12-17(13-11-15)21-18-9-4-7-16-8-5-14-20-19(16)18/h5,8,10-14,18,21H,2-4,6-7,9H2,1H3. The van der Waals surface area contributed by atoms with Crippen LogP contribution < -0.4 is 5.32 Å². The smallest absolute Gasteiger partial charge is 0.0688 e. The van der Waals surface area contributed by atoms with Crippen LogP contribution in [0, 0.1) is 0 Å². The van der Waals surface area contributed by atoms with Crippen molar-refractivity contribution in [1.82, 2.24) is 4.98 Å². The lowest BCUT2D eigenvalue weighted by Crippen LogP contribution is -2.18. The third-order valence-corrected chi connectivity index (χ3v) is 4.31. The SMILES string of the molecule is CCCCc1ccc(NC2CCCc3cccnc32)cc1. The van der Waals surface area contributed by atoms with Crippen LogP contribution >= 0.6 is 0 Å². The van der Waals surface area contributed by atoms with E-state index in [2.05, 4.69) is 47.6 Å².